The van der Waals surface area contributed by atoms with Gasteiger partial charge >= 0.3 is 0 Å². The van der Waals surface area contributed by atoms with Gasteiger partial charge < -0.3 is 9.88 Å². The van der Waals surface area contributed by atoms with Crippen LogP contribution in [0.25, 0.3) is 11.0 Å². The van der Waals surface area contributed by atoms with Crippen molar-refractivity contribution in [2.75, 3.05) is 19.6 Å². The number of likely N-dealkylation sites (N-methyl/N-ethyl adjacent to an activating group) is 1. The van der Waals surface area contributed by atoms with Crippen molar-refractivity contribution in [3.8, 4) is 0 Å². The summed E-state index contributed by atoms with van der Waals surface area (Å²) >= 11 is 0. The molecular formula is C18H24N4O. The fourth-order valence-electron chi connectivity index (χ4n) is 4.36. The van der Waals surface area contributed by atoms with Gasteiger partial charge in [0.25, 0.3) is 5.91 Å². The van der Waals surface area contributed by atoms with Crippen LogP contribution in [0.2, 0.25) is 0 Å². The molecule has 0 spiro atoms. The molecule has 2 unspecified atom stereocenters. The molecule has 2 fully saturated rings. The molecule has 2 aliphatic heterocycles. The largest absolute Gasteiger partial charge is 0.345 e. The van der Waals surface area contributed by atoms with Gasteiger partial charge in [0.05, 0.1) is 17.4 Å². The fraction of sp³-hybridized carbons (Fsp3) is 0.556. The van der Waals surface area contributed by atoms with Gasteiger partial charge in [0, 0.05) is 24.2 Å². The topological polar surface area (TPSA) is 52.2 Å². The van der Waals surface area contributed by atoms with Crippen LogP contribution in [0.4, 0.5) is 0 Å². The standard InChI is InChI=1S/C18H24N4O/c1-2-21-9-3-5-16(21)17-6-4-10-22(17)18(23)13-7-8-14-15(11-13)20-12-19-14/h7-8,11-12,16-17H,2-6,9-10H2,1H3,(H,19,20). The van der Waals surface area contributed by atoms with Crippen molar-refractivity contribution >= 4 is 16.9 Å². The molecule has 1 N–H and O–H groups in total. The Morgan fingerprint density at radius 1 is 1.26 bits per heavy atom. The predicted octanol–water partition coefficient (Wildman–Crippen LogP) is 2.65. The number of aromatic amines is 1. The molecule has 1 aromatic carbocycles. The minimum Gasteiger partial charge on any atom is -0.345 e. The van der Waals surface area contributed by atoms with Gasteiger partial charge in [-0.2, -0.15) is 0 Å². The van der Waals surface area contributed by atoms with Crippen LogP contribution in [0.15, 0.2) is 24.5 Å². The zero-order chi connectivity index (χ0) is 15.8. The molecule has 5 nitrogen and oxygen atoms in total. The van der Waals surface area contributed by atoms with E-state index in [1.165, 1.54) is 19.4 Å². The summed E-state index contributed by atoms with van der Waals surface area (Å²) < 4.78 is 0. The highest BCUT2D eigenvalue weighted by Gasteiger charge is 2.39. The van der Waals surface area contributed by atoms with Crippen LogP contribution in [0.3, 0.4) is 0 Å². The van der Waals surface area contributed by atoms with Crippen molar-refractivity contribution in [2.45, 2.75) is 44.7 Å². The monoisotopic (exact) mass is 312 g/mol. The van der Waals surface area contributed by atoms with Crippen molar-refractivity contribution < 1.29 is 4.79 Å². The maximum absolute atomic E-state index is 13.0. The molecule has 2 aliphatic rings. The van der Waals surface area contributed by atoms with Crippen LogP contribution in [-0.2, 0) is 0 Å². The summed E-state index contributed by atoms with van der Waals surface area (Å²) in [5, 5.41) is 0. The number of hydrogen-bond donors (Lipinski definition) is 1. The van der Waals surface area contributed by atoms with E-state index in [0.717, 1.165) is 42.5 Å². The summed E-state index contributed by atoms with van der Waals surface area (Å²) in [5.74, 6) is 0.173. The summed E-state index contributed by atoms with van der Waals surface area (Å²) in [6.45, 7) is 5.38. The van der Waals surface area contributed by atoms with Gasteiger partial charge in [0.15, 0.2) is 0 Å². The minimum absolute atomic E-state index is 0.173. The molecule has 0 radical (unpaired) electrons. The number of aromatic nitrogens is 2. The highest BCUT2D eigenvalue weighted by atomic mass is 16.2. The number of benzene rings is 1. The SMILES string of the molecule is CCN1CCCC1C1CCCN1C(=O)c1ccc2nc[nH]c2c1. The second-order valence-electron chi connectivity index (χ2n) is 6.68. The van der Waals surface area contributed by atoms with Crippen molar-refractivity contribution in [1.82, 2.24) is 19.8 Å². The van der Waals surface area contributed by atoms with E-state index in [1.807, 2.05) is 18.2 Å². The van der Waals surface area contributed by atoms with Crippen LogP contribution in [0.1, 0.15) is 43.0 Å². The fourth-order valence-corrected chi connectivity index (χ4v) is 4.36. The number of carbonyl (C=O) groups excluding carboxylic acids is 1. The summed E-state index contributed by atoms with van der Waals surface area (Å²) in [6, 6.07) is 6.70. The van der Waals surface area contributed by atoms with E-state index in [9.17, 15) is 4.79 Å². The number of imidazole rings is 1. The second-order valence-corrected chi connectivity index (χ2v) is 6.68. The Morgan fingerprint density at radius 3 is 2.96 bits per heavy atom. The normalized spacial score (nSPS) is 25.5. The Hall–Kier alpha value is -1.88. The molecule has 122 valence electrons. The predicted molar refractivity (Wildman–Crippen MR) is 90.4 cm³/mol. The van der Waals surface area contributed by atoms with E-state index < -0.39 is 0 Å². The number of fused-ring (bicyclic) bond motifs is 1. The number of H-pyrrole nitrogens is 1. The Bertz CT molecular complexity index is 710. The third-order valence-electron chi connectivity index (χ3n) is 5.49. The molecule has 4 rings (SSSR count). The first-order valence-electron chi connectivity index (χ1n) is 8.76. The van der Waals surface area contributed by atoms with Crippen molar-refractivity contribution in [2.24, 2.45) is 0 Å². The van der Waals surface area contributed by atoms with Crippen LogP contribution >= 0.6 is 0 Å². The molecule has 0 aliphatic carbocycles. The van der Waals surface area contributed by atoms with Crippen LogP contribution in [0, 0.1) is 0 Å². The highest BCUT2D eigenvalue weighted by Crippen LogP contribution is 2.31. The van der Waals surface area contributed by atoms with E-state index in [0.29, 0.717) is 12.1 Å². The average Bonchev–Trinajstić information content (AvgIpc) is 3.30. The average molecular weight is 312 g/mol. The first kappa shape index (κ1) is 14.7. The van der Waals surface area contributed by atoms with E-state index in [4.69, 9.17) is 0 Å². The number of carbonyl (C=O) groups is 1. The maximum atomic E-state index is 13.0. The molecule has 1 aromatic heterocycles. The number of hydrogen-bond acceptors (Lipinski definition) is 3. The van der Waals surface area contributed by atoms with Gasteiger partial charge in [-0.1, -0.05) is 6.92 Å². The molecule has 0 bridgehead atoms. The number of nitrogens with zero attached hydrogens (tertiary/aromatic N) is 3. The second kappa shape index (κ2) is 5.96. The molecule has 23 heavy (non-hydrogen) atoms. The van der Waals surface area contributed by atoms with Gasteiger partial charge in [-0.3, -0.25) is 9.69 Å². The van der Waals surface area contributed by atoms with E-state index in [-0.39, 0.29) is 5.91 Å². The lowest BCUT2D eigenvalue weighted by molar-refractivity contribution is 0.0650. The van der Waals surface area contributed by atoms with E-state index in [2.05, 4.69) is 26.7 Å². The lowest BCUT2D eigenvalue weighted by atomic mass is 10.0. The Balaban J connectivity index is 1.59. The van der Waals surface area contributed by atoms with Gasteiger partial charge in [-0.25, -0.2) is 4.98 Å². The Kier molecular flexibility index (Phi) is 3.81. The van der Waals surface area contributed by atoms with Crippen molar-refractivity contribution in [3.63, 3.8) is 0 Å². The highest BCUT2D eigenvalue weighted by molar-refractivity contribution is 5.97. The van der Waals surface area contributed by atoms with Crippen LogP contribution in [-0.4, -0.2) is 57.4 Å². The number of likely N-dealkylation sites (tertiary alicyclic amines) is 2. The van der Waals surface area contributed by atoms with Crippen LogP contribution in [0.5, 0.6) is 0 Å². The summed E-state index contributed by atoms with van der Waals surface area (Å²) in [4.78, 5) is 25.0. The molecule has 5 heteroatoms. The quantitative estimate of drug-likeness (QED) is 0.948. The zero-order valence-corrected chi connectivity index (χ0v) is 13.7. The van der Waals surface area contributed by atoms with Crippen molar-refractivity contribution in [3.05, 3.63) is 30.1 Å². The van der Waals surface area contributed by atoms with Gasteiger partial charge in [-0.15, -0.1) is 0 Å². The number of amides is 1. The summed E-state index contributed by atoms with van der Waals surface area (Å²) in [5.41, 5.74) is 2.62. The van der Waals surface area contributed by atoms with Gasteiger partial charge in [0.1, 0.15) is 0 Å². The van der Waals surface area contributed by atoms with Gasteiger partial charge in [0.2, 0.25) is 0 Å². The maximum Gasteiger partial charge on any atom is 0.254 e. The minimum atomic E-state index is 0.173. The molecule has 3 heterocycles. The van der Waals surface area contributed by atoms with E-state index >= 15 is 0 Å². The molecule has 1 amide bonds. The number of nitrogens with one attached hydrogen (secondary N) is 1. The molecule has 2 aromatic rings. The van der Waals surface area contributed by atoms with Crippen molar-refractivity contribution in [1.29, 1.82) is 0 Å². The molecule has 2 atom stereocenters. The first-order valence-corrected chi connectivity index (χ1v) is 8.76. The molecule has 0 saturated carbocycles. The third kappa shape index (κ3) is 2.53. The molecule has 2 saturated heterocycles. The third-order valence-corrected chi connectivity index (χ3v) is 5.49. The summed E-state index contributed by atoms with van der Waals surface area (Å²) in [6.07, 6.45) is 6.42. The van der Waals surface area contributed by atoms with Crippen LogP contribution < -0.4 is 0 Å². The van der Waals surface area contributed by atoms with Gasteiger partial charge in [-0.05, 0) is 57.0 Å². The summed E-state index contributed by atoms with van der Waals surface area (Å²) in [7, 11) is 0. The first-order chi connectivity index (χ1) is 11.3. The smallest absolute Gasteiger partial charge is 0.254 e. The molecular weight excluding hydrogens is 288 g/mol. The zero-order valence-electron chi connectivity index (χ0n) is 13.7. The lowest BCUT2D eigenvalue weighted by Crippen LogP contribution is -2.48. The lowest BCUT2D eigenvalue weighted by Gasteiger charge is -2.34. The Morgan fingerprint density at radius 2 is 2.09 bits per heavy atom. The van der Waals surface area contributed by atoms with E-state index in [1.54, 1.807) is 6.33 Å². The Labute approximate surface area is 136 Å². The number of rotatable bonds is 3.